The molecule has 1 aromatic rings. The molecule has 0 aliphatic carbocycles. The molecule has 1 saturated heterocycles. The topological polar surface area (TPSA) is 69.6 Å². The molecule has 7 heteroatoms. The number of hydrogen-bond acceptors (Lipinski definition) is 3. The standard InChI is InChI=1S/C17H22F2N2O3/c1-17(2,9-16(23)24)8-15(22)20-12-5-6-21(10-12)14-4-3-11(18)7-13(14)19/h3-4,7,12H,5-6,8-10H2,1-2H3,(H,20,22)(H,23,24)/t12-/m1/s1. The predicted octanol–water partition coefficient (Wildman–Crippen LogP) is 2.55. The third-order valence-electron chi connectivity index (χ3n) is 4.07. The summed E-state index contributed by atoms with van der Waals surface area (Å²) in [5.74, 6) is -2.40. The van der Waals surface area contributed by atoms with Gasteiger partial charge in [-0.2, -0.15) is 0 Å². The number of nitrogens with zero attached hydrogens (tertiary/aromatic N) is 1. The van der Waals surface area contributed by atoms with Crippen LogP contribution in [0.5, 0.6) is 0 Å². The monoisotopic (exact) mass is 340 g/mol. The van der Waals surface area contributed by atoms with Gasteiger partial charge in [-0.25, -0.2) is 8.78 Å². The van der Waals surface area contributed by atoms with Crippen molar-refractivity contribution in [2.24, 2.45) is 5.41 Å². The lowest BCUT2D eigenvalue weighted by Crippen LogP contribution is -2.39. The van der Waals surface area contributed by atoms with Crippen LogP contribution in [0.2, 0.25) is 0 Å². The highest BCUT2D eigenvalue weighted by Gasteiger charge is 2.29. The number of nitrogens with one attached hydrogen (secondary N) is 1. The second kappa shape index (κ2) is 7.15. The Morgan fingerprint density at radius 2 is 2.04 bits per heavy atom. The number of carbonyl (C=O) groups excluding carboxylic acids is 1. The van der Waals surface area contributed by atoms with E-state index in [2.05, 4.69) is 5.32 Å². The number of rotatable bonds is 6. The van der Waals surface area contributed by atoms with Crippen molar-refractivity contribution in [2.75, 3.05) is 18.0 Å². The van der Waals surface area contributed by atoms with E-state index in [9.17, 15) is 18.4 Å². The van der Waals surface area contributed by atoms with Gasteiger partial charge >= 0.3 is 5.97 Å². The van der Waals surface area contributed by atoms with Crippen molar-refractivity contribution >= 4 is 17.6 Å². The molecule has 2 rings (SSSR count). The van der Waals surface area contributed by atoms with Crippen LogP contribution in [0.4, 0.5) is 14.5 Å². The zero-order valence-corrected chi connectivity index (χ0v) is 13.8. The fourth-order valence-corrected chi connectivity index (χ4v) is 3.02. The van der Waals surface area contributed by atoms with Gasteiger partial charge in [0.1, 0.15) is 11.6 Å². The molecular weight excluding hydrogens is 318 g/mol. The van der Waals surface area contributed by atoms with Crippen molar-refractivity contribution in [2.45, 2.75) is 39.2 Å². The summed E-state index contributed by atoms with van der Waals surface area (Å²) in [4.78, 5) is 24.7. The van der Waals surface area contributed by atoms with Crippen molar-refractivity contribution in [1.29, 1.82) is 0 Å². The number of anilines is 1. The molecule has 0 spiro atoms. The molecule has 1 atom stereocenters. The van der Waals surface area contributed by atoms with Crippen LogP contribution in [0.25, 0.3) is 0 Å². The number of hydrogen-bond donors (Lipinski definition) is 2. The predicted molar refractivity (Wildman–Crippen MR) is 85.8 cm³/mol. The van der Waals surface area contributed by atoms with Gasteiger partial charge in [-0.05, 0) is 24.0 Å². The lowest BCUT2D eigenvalue weighted by molar-refractivity contribution is -0.139. The summed E-state index contributed by atoms with van der Waals surface area (Å²) in [6.45, 7) is 4.46. The summed E-state index contributed by atoms with van der Waals surface area (Å²) >= 11 is 0. The Morgan fingerprint density at radius 3 is 2.67 bits per heavy atom. The minimum Gasteiger partial charge on any atom is -0.481 e. The summed E-state index contributed by atoms with van der Waals surface area (Å²) in [7, 11) is 0. The SMILES string of the molecule is CC(C)(CC(=O)O)CC(=O)N[C@@H]1CCN(c2ccc(F)cc2F)C1. The molecule has 0 bridgehead atoms. The number of aliphatic carboxylic acids is 1. The Hall–Kier alpha value is -2.18. The van der Waals surface area contributed by atoms with Gasteiger partial charge in [0, 0.05) is 31.6 Å². The lowest BCUT2D eigenvalue weighted by atomic mass is 9.85. The fraction of sp³-hybridized carbons (Fsp3) is 0.529. The van der Waals surface area contributed by atoms with Crippen molar-refractivity contribution in [3.8, 4) is 0 Å². The zero-order valence-electron chi connectivity index (χ0n) is 13.8. The molecule has 1 aliphatic rings. The Bertz CT molecular complexity index is 634. The van der Waals surface area contributed by atoms with E-state index in [1.807, 2.05) is 0 Å². The summed E-state index contributed by atoms with van der Waals surface area (Å²) in [6.07, 6.45) is 0.681. The van der Waals surface area contributed by atoms with E-state index < -0.39 is 23.0 Å². The maximum absolute atomic E-state index is 13.8. The Morgan fingerprint density at radius 1 is 1.33 bits per heavy atom. The second-order valence-electron chi connectivity index (χ2n) is 7.01. The summed E-state index contributed by atoms with van der Waals surface area (Å²) < 4.78 is 26.8. The van der Waals surface area contributed by atoms with Gasteiger partial charge in [-0.3, -0.25) is 9.59 Å². The summed E-state index contributed by atoms with van der Waals surface area (Å²) in [6, 6.07) is 3.31. The van der Waals surface area contributed by atoms with Crippen LogP contribution < -0.4 is 10.2 Å². The molecule has 1 fully saturated rings. The van der Waals surface area contributed by atoms with Gasteiger partial charge in [0.25, 0.3) is 0 Å². The van der Waals surface area contributed by atoms with E-state index in [1.54, 1.807) is 18.7 Å². The number of carboxylic acid groups (broad SMARTS) is 1. The first-order valence-corrected chi connectivity index (χ1v) is 7.87. The van der Waals surface area contributed by atoms with Crippen molar-refractivity contribution in [3.63, 3.8) is 0 Å². The summed E-state index contributed by atoms with van der Waals surface area (Å²) in [5.41, 5.74) is -0.309. The average molecular weight is 340 g/mol. The maximum atomic E-state index is 13.8. The number of amides is 1. The molecule has 1 aliphatic heterocycles. The molecule has 1 amide bonds. The molecule has 2 N–H and O–H groups in total. The zero-order chi connectivity index (χ0) is 17.9. The first-order chi connectivity index (χ1) is 11.2. The van der Waals surface area contributed by atoms with Crippen LogP contribution in [0.3, 0.4) is 0 Å². The molecule has 0 unspecified atom stereocenters. The highest BCUT2D eigenvalue weighted by molar-refractivity contribution is 5.78. The minimum atomic E-state index is -0.938. The van der Waals surface area contributed by atoms with E-state index in [0.29, 0.717) is 25.2 Å². The first kappa shape index (κ1) is 18.2. The molecule has 0 radical (unpaired) electrons. The molecule has 24 heavy (non-hydrogen) atoms. The number of benzene rings is 1. The van der Waals surface area contributed by atoms with E-state index in [-0.39, 0.29) is 24.8 Å². The molecule has 132 valence electrons. The molecule has 1 aromatic carbocycles. The molecule has 0 aromatic heterocycles. The van der Waals surface area contributed by atoms with Gasteiger partial charge in [-0.1, -0.05) is 13.8 Å². The number of carbonyl (C=O) groups is 2. The molecule has 5 nitrogen and oxygen atoms in total. The maximum Gasteiger partial charge on any atom is 0.303 e. The van der Waals surface area contributed by atoms with Crippen LogP contribution in [0, 0.1) is 17.0 Å². The van der Waals surface area contributed by atoms with Crippen molar-refractivity contribution < 1.29 is 23.5 Å². The Balaban J connectivity index is 1.89. The van der Waals surface area contributed by atoms with Crippen molar-refractivity contribution in [3.05, 3.63) is 29.8 Å². The smallest absolute Gasteiger partial charge is 0.303 e. The van der Waals surface area contributed by atoms with Crippen LogP contribution in [0.15, 0.2) is 18.2 Å². The van der Waals surface area contributed by atoms with E-state index in [4.69, 9.17) is 5.11 Å². The van der Waals surface area contributed by atoms with Gasteiger partial charge in [0.15, 0.2) is 0 Å². The van der Waals surface area contributed by atoms with Crippen LogP contribution in [0.1, 0.15) is 33.1 Å². The Kier molecular flexibility index (Phi) is 5.41. The third-order valence-corrected chi connectivity index (χ3v) is 4.07. The fourth-order valence-electron chi connectivity index (χ4n) is 3.02. The van der Waals surface area contributed by atoms with Crippen LogP contribution >= 0.6 is 0 Å². The number of carboxylic acids is 1. The van der Waals surface area contributed by atoms with Gasteiger partial charge in [0.05, 0.1) is 12.1 Å². The largest absolute Gasteiger partial charge is 0.481 e. The third kappa shape index (κ3) is 4.91. The second-order valence-corrected chi connectivity index (χ2v) is 7.01. The lowest BCUT2D eigenvalue weighted by Gasteiger charge is -2.23. The van der Waals surface area contributed by atoms with E-state index in [0.717, 1.165) is 6.07 Å². The van der Waals surface area contributed by atoms with Gasteiger partial charge in [-0.15, -0.1) is 0 Å². The number of halogens is 2. The van der Waals surface area contributed by atoms with E-state index >= 15 is 0 Å². The van der Waals surface area contributed by atoms with E-state index in [1.165, 1.54) is 12.1 Å². The average Bonchev–Trinajstić information content (AvgIpc) is 2.84. The first-order valence-electron chi connectivity index (χ1n) is 7.87. The quantitative estimate of drug-likeness (QED) is 0.835. The molecule has 1 heterocycles. The highest BCUT2D eigenvalue weighted by Crippen LogP contribution is 2.26. The minimum absolute atomic E-state index is 0.0853. The summed E-state index contributed by atoms with van der Waals surface area (Å²) in [5, 5.41) is 11.7. The molecular formula is C17H22F2N2O3. The van der Waals surface area contributed by atoms with Crippen LogP contribution in [-0.4, -0.2) is 36.1 Å². The van der Waals surface area contributed by atoms with Gasteiger partial charge in [0.2, 0.25) is 5.91 Å². The normalized spacial score (nSPS) is 17.8. The highest BCUT2D eigenvalue weighted by atomic mass is 19.1. The molecule has 0 saturated carbocycles. The van der Waals surface area contributed by atoms with Gasteiger partial charge < -0.3 is 15.3 Å². The van der Waals surface area contributed by atoms with Crippen molar-refractivity contribution in [1.82, 2.24) is 5.32 Å². The van der Waals surface area contributed by atoms with Crippen LogP contribution in [-0.2, 0) is 9.59 Å². The Labute approximate surface area is 139 Å².